The van der Waals surface area contributed by atoms with Crippen LogP contribution in [0, 0.1) is 6.92 Å². The SMILES string of the molecule is Cc1ncc(C(=O)NCCOCCO)s1. The predicted molar refractivity (Wildman–Crippen MR) is 57.1 cm³/mol. The van der Waals surface area contributed by atoms with Crippen LogP contribution in [0.1, 0.15) is 14.7 Å². The third kappa shape index (κ3) is 4.37. The van der Waals surface area contributed by atoms with Crippen LogP contribution in [0.15, 0.2) is 6.20 Å². The van der Waals surface area contributed by atoms with Crippen molar-refractivity contribution in [2.24, 2.45) is 0 Å². The van der Waals surface area contributed by atoms with Gasteiger partial charge in [-0.2, -0.15) is 0 Å². The third-order valence-corrected chi connectivity index (χ3v) is 2.52. The molecule has 0 bridgehead atoms. The smallest absolute Gasteiger partial charge is 0.263 e. The molecule has 5 nitrogen and oxygen atoms in total. The molecule has 1 heterocycles. The van der Waals surface area contributed by atoms with E-state index < -0.39 is 0 Å². The van der Waals surface area contributed by atoms with Gasteiger partial charge in [-0.3, -0.25) is 4.79 Å². The lowest BCUT2D eigenvalue weighted by molar-refractivity contribution is 0.0840. The number of rotatable bonds is 6. The average Bonchev–Trinajstić information content (AvgIpc) is 2.64. The van der Waals surface area contributed by atoms with Crippen LogP contribution in [-0.4, -0.2) is 42.4 Å². The van der Waals surface area contributed by atoms with Crippen LogP contribution in [0.2, 0.25) is 0 Å². The molecule has 0 aromatic carbocycles. The molecule has 0 aliphatic rings. The Morgan fingerprint density at radius 2 is 2.47 bits per heavy atom. The van der Waals surface area contributed by atoms with Crippen molar-refractivity contribution in [3.8, 4) is 0 Å². The van der Waals surface area contributed by atoms with E-state index in [0.29, 0.717) is 24.6 Å². The highest BCUT2D eigenvalue weighted by Gasteiger charge is 2.07. The number of nitrogens with zero attached hydrogens (tertiary/aromatic N) is 1. The molecule has 1 rings (SSSR count). The topological polar surface area (TPSA) is 71.5 Å². The Morgan fingerprint density at radius 3 is 3.07 bits per heavy atom. The van der Waals surface area contributed by atoms with Crippen molar-refractivity contribution >= 4 is 17.2 Å². The molecule has 1 aromatic heterocycles. The first-order valence-corrected chi connectivity index (χ1v) is 5.45. The Bertz CT molecular complexity index is 314. The largest absolute Gasteiger partial charge is 0.394 e. The number of hydrogen-bond acceptors (Lipinski definition) is 5. The van der Waals surface area contributed by atoms with Crippen LogP contribution in [0.25, 0.3) is 0 Å². The number of carbonyl (C=O) groups is 1. The van der Waals surface area contributed by atoms with Gasteiger partial charge in [0.2, 0.25) is 0 Å². The molecule has 0 fully saturated rings. The predicted octanol–water partition coefficient (Wildman–Crippen LogP) is 0.190. The second-order valence-electron chi connectivity index (χ2n) is 2.84. The van der Waals surface area contributed by atoms with E-state index >= 15 is 0 Å². The van der Waals surface area contributed by atoms with Crippen molar-refractivity contribution in [3.05, 3.63) is 16.1 Å². The van der Waals surface area contributed by atoms with E-state index in [9.17, 15) is 4.79 Å². The van der Waals surface area contributed by atoms with E-state index in [0.717, 1.165) is 5.01 Å². The molecule has 6 heteroatoms. The van der Waals surface area contributed by atoms with Crippen molar-refractivity contribution < 1.29 is 14.6 Å². The Balaban J connectivity index is 2.19. The fourth-order valence-electron chi connectivity index (χ4n) is 0.957. The zero-order chi connectivity index (χ0) is 11.1. The van der Waals surface area contributed by atoms with Crippen molar-refractivity contribution in [3.63, 3.8) is 0 Å². The number of nitrogens with one attached hydrogen (secondary N) is 1. The molecular formula is C9H14N2O3S. The van der Waals surface area contributed by atoms with Gasteiger partial charge in [0.1, 0.15) is 4.88 Å². The molecule has 0 saturated carbocycles. The maximum Gasteiger partial charge on any atom is 0.263 e. The Kier molecular flexibility index (Phi) is 5.23. The van der Waals surface area contributed by atoms with Gasteiger partial charge >= 0.3 is 0 Å². The number of carbonyl (C=O) groups excluding carboxylic acids is 1. The molecule has 0 spiro atoms. The van der Waals surface area contributed by atoms with E-state index in [-0.39, 0.29) is 12.5 Å². The number of aliphatic hydroxyl groups is 1. The number of aryl methyl sites for hydroxylation is 1. The quantitative estimate of drug-likeness (QED) is 0.684. The minimum Gasteiger partial charge on any atom is -0.394 e. The van der Waals surface area contributed by atoms with Crippen LogP contribution in [0.4, 0.5) is 0 Å². The summed E-state index contributed by atoms with van der Waals surface area (Å²) in [5.74, 6) is -0.131. The number of ether oxygens (including phenoxy) is 1. The minimum absolute atomic E-state index is 0.00197. The van der Waals surface area contributed by atoms with Crippen molar-refractivity contribution in [1.29, 1.82) is 0 Å². The Morgan fingerprint density at radius 1 is 1.67 bits per heavy atom. The Labute approximate surface area is 92.1 Å². The summed E-state index contributed by atoms with van der Waals surface area (Å²) >= 11 is 1.36. The maximum absolute atomic E-state index is 11.4. The van der Waals surface area contributed by atoms with Gasteiger partial charge in [-0.15, -0.1) is 11.3 Å². The van der Waals surface area contributed by atoms with E-state index in [2.05, 4.69) is 10.3 Å². The molecule has 0 aliphatic carbocycles. The third-order valence-electron chi connectivity index (χ3n) is 1.61. The number of thiazole rings is 1. The van der Waals surface area contributed by atoms with Crippen LogP contribution in [0.5, 0.6) is 0 Å². The molecule has 0 atom stereocenters. The molecule has 1 aromatic rings. The first kappa shape index (κ1) is 12.1. The molecule has 0 radical (unpaired) electrons. The van der Waals surface area contributed by atoms with Gasteiger partial charge in [0.25, 0.3) is 5.91 Å². The summed E-state index contributed by atoms with van der Waals surface area (Å²) < 4.78 is 5.00. The second kappa shape index (κ2) is 6.49. The molecule has 0 saturated heterocycles. The molecule has 84 valence electrons. The lowest BCUT2D eigenvalue weighted by Crippen LogP contribution is -2.26. The van der Waals surface area contributed by atoms with Gasteiger partial charge in [0.05, 0.1) is 31.0 Å². The average molecular weight is 230 g/mol. The normalized spacial score (nSPS) is 10.3. The number of aromatic nitrogens is 1. The fourth-order valence-corrected chi connectivity index (χ4v) is 1.65. The fraction of sp³-hybridized carbons (Fsp3) is 0.556. The van der Waals surface area contributed by atoms with Gasteiger partial charge in [0.15, 0.2) is 0 Å². The molecule has 0 aliphatic heterocycles. The first-order chi connectivity index (χ1) is 7.24. The van der Waals surface area contributed by atoms with Gasteiger partial charge in [-0.25, -0.2) is 4.98 Å². The summed E-state index contributed by atoms with van der Waals surface area (Å²) in [6.07, 6.45) is 1.56. The summed E-state index contributed by atoms with van der Waals surface area (Å²) in [6, 6.07) is 0. The van der Waals surface area contributed by atoms with E-state index in [1.54, 1.807) is 6.20 Å². The molecular weight excluding hydrogens is 216 g/mol. The van der Waals surface area contributed by atoms with Crippen LogP contribution in [-0.2, 0) is 4.74 Å². The van der Waals surface area contributed by atoms with Crippen molar-refractivity contribution in [2.45, 2.75) is 6.92 Å². The standard InChI is InChI=1S/C9H14N2O3S/c1-7-11-6-8(15-7)9(13)10-2-4-14-5-3-12/h6,12H,2-5H2,1H3,(H,10,13). The van der Waals surface area contributed by atoms with Crippen molar-refractivity contribution in [2.75, 3.05) is 26.4 Å². The van der Waals surface area contributed by atoms with E-state index in [4.69, 9.17) is 9.84 Å². The zero-order valence-electron chi connectivity index (χ0n) is 8.52. The monoisotopic (exact) mass is 230 g/mol. The molecule has 2 N–H and O–H groups in total. The van der Waals surface area contributed by atoms with Crippen LogP contribution < -0.4 is 5.32 Å². The van der Waals surface area contributed by atoms with Gasteiger partial charge in [0, 0.05) is 6.54 Å². The first-order valence-electron chi connectivity index (χ1n) is 4.63. The van der Waals surface area contributed by atoms with E-state index in [1.165, 1.54) is 11.3 Å². The summed E-state index contributed by atoms with van der Waals surface area (Å²) in [7, 11) is 0. The van der Waals surface area contributed by atoms with Gasteiger partial charge in [-0.1, -0.05) is 0 Å². The van der Waals surface area contributed by atoms with Crippen LogP contribution >= 0.6 is 11.3 Å². The number of amides is 1. The maximum atomic E-state index is 11.4. The highest BCUT2D eigenvalue weighted by molar-refractivity contribution is 7.13. The highest BCUT2D eigenvalue weighted by atomic mass is 32.1. The van der Waals surface area contributed by atoms with Crippen molar-refractivity contribution in [1.82, 2.24) is 10.3 Å². The summed E-state index contributed by atoms with van der Waals surface area (Å²) in [5, 5.41) is 12.0. The number of aliphatic hydroxyl groups excluding tert-OH is 1. The zero-order valence-corrected chi connectivity index (χ0v) is 9.34. The summed E-state index contributed by atoms with van der Waals surface area (Å²) in [4.78, 5) is 16.0. The number of hydrogen-bond donors (Lipinski definition) is 2. The second-order valence-corrected chi connectivity index (χ2v) is 4.07. The Hall–Kier alpha value is -0.980. The molecule has 15 heavy (non-hydrogen) atoms. The van der Waals surface area contributed by atoms with E-state index in [1.807, 2.05) is 6.92 Å². The summed E-state index contributed by atoms with van der Waals surface area (Å²) in [5.41, 5.74) is 0. The summed E-state index contributed by atoms with van der Waals surface area (Å²) in [6.45, 7) is 3.00. The highest BCUT2D eigenvalue weighted by Crippen LogP contribution is 2.10. The lowest BCUT2D eigenvalue weighted by atomic mass is 10.5. The van der Waals surface area contributed by atoms with Gasteiger partial charge in [-0.05, 0) is 6.92 Å². The molecule has 0 unspecified atom stereocenters. The molecule has 1 amide bonds. The minimum atomic E-state index is -0.131. The van der Waals surface area contributed by atoms with Gasteiger partial charge < -0.3 is 15.2 Å². The van der Waals surface area contributed by atoms with Crippen LogP contribution in [0.3, 0.4) is 0 Å². The lowest BCUT2D eigenvalue weighted by Gasteiger charge is -2.03.